The number of amides is 2. The number of nitrogens with two attached hydrogens (primary N) is 1. The molecule has 1 aromatic carbocycles. The Morgan fingerprint density at radius 2 is 1.62 bits per heavy atom. The van der Waals surface area contributed by atoms with Crippen molar-refractivity contribution in [2.45, 2.75) is 51.5 Å². The van der Waals surface area contributed by atoms with Crippen LogP contribution in [0.1, 0.15) is 55.8 Å². The van der Waals surface area contributed by atoms with Crippen LogP contribution in [0.2, 0.25) is 0 Å². The second kappa shape index (κ2) is 6.69. The number of nitrogens with one attached hydrogen (secondary N) is 2. The van der Waals surface area contributed by atoms with Crippen LogP contribution < -0.4 is 16.4 Å². The molecule has 26 heavy (non-hydrogen) atoms. The van der Waals surface area contributed by atoms with Gasteiger partial charge in [0.05, 0.1) is 6.04 Å². The van der Waals surface area contributed by atoms with Gasteiger partial charge in [0.1, 0.15) is 0 Å². The summed E-state index contributed by atoms with van der Waals surface area (Å²) in [6.45, 7) is 2.87. The minimum atomic E-state index is -0.464. The topological polar surface area (TPSA) is 84.2 Å². The van der Waals surface area contributed by atoms with Gasteiger partial charge in [-0.1, -0.05) is 0 Å². The van der Waals surface area contributed by atoms with Crippen molar-refractivity contribution in [3.63, 3.8) is 0 Å². The van der Waals surface area contributed by atoms with E-state index < -0.39 is 5.91 Å². The highest BCUT2D eigenvalue weighted by molar-refractivity contribution is 5.96. The fourth-order valence-corrected chi connectivity index (χ4v) is 5.94. The van der Waals surface area contributed by atoms with E-state index in [0.29, 0.717) is 16.7 Å². The van der Waals surface area contributed by atoms with E-state index in [-0.39, 0.29) is 11.9 Å². The highest BCUT2D eigenvalue weighted by Crippen LogP contribution is 2.59. The number of hydrogen-bond donors (Lipinski definition) is 3. The standard InChI is InChI=1S/C21H29N3O2/c1-13(20(26)24-18-4-2-17(3-5-18)19(22)25)23-12-21-9-14-6-15(10-21)8-16(7-14)11-21/h2-5,13-16,23H,6-12H2,1H3,(H2,22,25)(H,24,26)/t13-,14?,15?,16?,21?/m1/s1. The Kier molecular flexibility index (Phi) is 4.51. The van der Waals surface area contributed by atoms with E-state index in [1.54, 1.807) is 24.3 Å². The number of benzene rings is 1. The molecule has 5 rings (SSSR count). The Balaban J connectivity index is 1.31. The maximum Gasteiger partial charge on any atom is 0.248 e. The van der Waals surface area contributed by atoms with Crippen LogP contribution in [0.25, 0.3) is 0 Å². The predicted molar refractivity (Wildman–Crippen MR) is 102 cm³/mol. The highest BCUT2D eigenvalue weighted by atomic mass is 16.2. The second-order valence-corrected chi connectivity index (χ2v) is 8.95. The van der Waals surface area contributed by atoms with Gasteiger partial charge in [-0.25, -0.2) is 0 Å². The number of carbonyl (C=O) groups is 2. The molecule has 0 aromatic heterocycles. The van der Waals surface area contributed by atoms with E-state index in [9.17, 15) is 9.59 Å². The van der Waals surface area contributed by atoms with Gasteiger partial charge in [0, 0.05) is 17.8 Å². The van der Waals surface area contributed by atoms with Gasteiger partial charge >= 0.3 is 0 Å². The van der Waals surface area contributed by atoms with Crippen LogP contribution in [-0.2, 0) is 4.79 Å². The summed E-state index contributed by atoms with van der Waals surface area (Å²) in [5, 5.41) is 6.42. The Morgan fingerprint density at radius 1 is 1.08 bits per heavy atom. The SMILES string of the molecule is C[C@@H](NCC12CC3CC(CC(C3)C1)C2)C(=O)Nc1ccc(C(N)=O)cc1. The molecule has 5 nitrogen and oxygen atoms in total. The summed E-state index contributed by atoms with van der Waals surface area (Å²) in [6.07, 6.45) is 8.35. The quantitative estimate of drug-likeness (QED) is 0.733. The van der Waals surface area contributed by atoms with Crippen LogP contribution in [0.5, 0.6) is 0 Å². The zero-order valence-corrected chi connectivity index (χ0v) is 15.5. The van der Waals surface area contributed by atoms with Gasteiger partial charge in [-0.05, 0) is 92.9 Å². The molecule has 1 atom stereocenters. The third-order valence-corrected chi connectivity index (χ3v) is 6.78. The number of hydrogen-bond acceptors (Lipinski definition) is 3. The first-order valence-electron chi connectivity index (χ1n) is 9.86. The van der Waals surface area contributed by atoms with Crippen molar-refractivity contribution < 1.29 is 9.59 Å². The lowest BCUT2D eigenvalue weighted by Gasteiger charge is -2.57. The summed E-state index contributed by atoms with van der Waals surface area (Å²) in [4.78, 5) is 23.6. The van der Waals surface area contributed by atoms with E-state index >= 15 is 0 Å². The Bertz CT molecular complexity index is 662. The van der Waals surface area contributed by atoms with Gasteiger partial charge in [-0.15, -0.1) is 0 Å². The lowest BCUT2D eigenvalue weighted by Crippen LogP contribution is -2.52. The molecule has 0 heterocycles. The molecule has 0 unspecified atom stereocenters. The van der Waals surface area contributed by atoms with E-state index in [4.69, 9.17) is 5.73 Å². The van der Waals surface area contributed by atoms with E-state index in [1.165, 1.54) is 38.5 Å². The average molecular weight is 355 g/mol. The minimum absolute atomic E-state index is 0.0402. The maximum atomic E-state index is 12.5. The van der Waals surface area contributed by atoms with Crippen molar-refractivity contribution in [3.05, 3.63) is 29.8 Å². The molecule has 0 saturated heterocycles. The monoisotopic (exact) mass is 355 g/mol. The van der Waals surface area contributed by atoms with Crippen molar-refractivity contribution in [3.8, 4) is 0 Å². The minimum Gasteiger partial charge on any atom is -0.366 e. The molecule has 4 N–H and O–H groups in total. The average Bonchev–Trinajstić information content (AvgIpc) is 2.59. The molecule has 4 bridgehead atoms. The molecule has 0 spiro atoms. The zero-order valence-electron chi connectivity index (χ0n) is 15.5. The fourth-order valence-electron chi connectivity index (χ4n) is 5.94. The van der Waals surface area contributed by atoms with Gasteiger partial charge in [-0.3, -0.25) is 9.59 Å². The molecular weight excluding hydrogens is 326 g/mol. The molecule has 1 aromatic rings. The molecule has 5 heteroatoms. The summed E-state index contributed by atoms with van der Waals surface area (Å²) in [6, 6.07) is 6.45. The fraction of sp³-hybridized carbons (Fsp3) is 0.619. The molecule has 140 valence electrons. The predicted octanol–water partition coefficient (Wildman–Crippen LogP) is 2.92. The van der Waals surface area contributed by atoms with Crippen molar-refractivity contribution in [2.24, 2.45) is 28.9 Å². The van der Waals surface area contributed by atoms with E-state index in [1.807, 2.05) is 6.92 Å². The van der Waals surface area contributed by atoms with Gasteiger partial charge in [-0.2, -0.15) is 0 Å². The van der Waals surface area contributed by atoms with Gasteiger partial charge in [0.15, 0.2) is 0 Å². The maximum absolute atomic E-state index is 12.5. The van der Waals surface area contributed by atoms with Crippen LogP contribution in [-0.4, -0.2) is 24.4 Å². The van der Waals surface area contributed by atoms with Gasteiger partial charge < -0.3 is 16.4 Å². The highest BCUT2D eigenvalue weighted by Gasteiger charge is 2.50. The van der Waals surface area contributed by atoms with Crippen molar-refractivity contribution in [2.75, 3.05) is 11.9 Å². The summed E-state index contributed by atoms with van der Waals surface area (Å²) >= 11 is 0. The van der Waals surface area contributed by atoms with Crippen molar-refractivity contribution >= 4 is 17.5 Å². The molecule has 4 fully saturated rings. The van der Waals surface area contributed by atoms with Crippen molar-refractivity contribution in [1.29, 1.82) is 0 Å². The summed E-state index contributed by atoms with van der Waals surface area (Å²) in [5.74, 6) is 2.28. The van der Waals surface area contributed by atoms with Gasteiger partial charge in [0.2, 0.25) is 11.8 Å². The van der Waals surface area contributed by atoms with Crippen LogP contribution >= 0.6 is 0 Å². The van der Waals surface area contributed by atoms with Crippen molar-refractivity contribution in [1.82, 2.24) is 5.32 Å². The largest absolute Gasteiger partial charge is 0.366 e. The lowest BCUT2D eigenvalue weighted by atomic mass is 9.49. The smallest absolute Gasteiger partial charge is 0.248 e. The number of carbonyl (C=O) groups excluding carboxylic acids is 2. The number of rotatable bonds is 6. The van der Waals surface area contributed by atoms with E-state index in [2.05, 4.69) is 10.6 Å². The lowest BCUT2D eigenvalue weighted by molar-refractivity contribution is -0.118. The van der Waals surface area contributed by atoms with Crippen LogP contribution in [0, 0.1) is 23.2 Å². The Hall–Kier alpha value is -1.88. The zero-order chi connectivity index (χ0) is 18.3. The van der Waals surface area contributed by atoms with E-state index in [0.717, 1.165) is 24.3 Å². The van der Waals surface area contributed by atoms with Crippen LogP contribution in [0.4, 0.5) is 5.69 Å². The van der Waals surface area contributed by atoms with Crippen LogP contribution in [0.3, 0.4) is 0 Å². The molecule has 2 amide bonds. The first-order chi connectivity index (χ1) is 12.4. The van der Waals surface area contributed by atoms with Gasteiger partial charge in [0.25, 0.3) is 0 Å². The molecule has 0 aliphatic heterocycles. The molecule has 0 radical (unpaired) electrons. The molecule has 4 aliphatic rings. The first-order valence-corrected chi connectivity index (χ1v) is 9.86. The Labute approximate surface area is 155 Å². The normalized spacial score (nSPS) is 33.0. The first kappa shape index (κ1) is 17.5. The number of primary amides is 1. The molecule has 4 aliphatic carbocycles. The summed E-state index contributed by atoms with van der Waals surface area (Å²) in [7, 11) is 0. The third kappa shape index (κ3) is 3.50. The third-order valence-electron chi connectivity index (χ3n) is 6.78. The molecule has 4 saturated carbocycles. The second-order valence-electron chi connectivity index (χ2n) is 8.95. The number of anilines is 1. The van der Waals surface area contributed by atoms with Crippen LogP contribution in [0.15, 0.2) is 24.3 Å². The summed E-state index contributed by atoms with van der Waals surface area (Å²) < 4.78 is 0. The molecular formula is C21H29N3O2. The summed E-state index contributed by atoms with van der Waals surface area (Å²) in [5.41, 5.74) is 6.79. The Morgan fingerprint density at radius 3 is 2.12 bits per heavy atom.